The van der Waals surface area contributed by atoms with E-state index >= 15 is 0 Å². The quantitative estimate of drug-likeness (QED) is 0.279. The van der Waals surface area contributed by atoms with Crippen LogP contribution in [0.5, 0.6) is 0 Å². The van der Waals surface area contributed by atoms with Crippen LogP contribution in [0.1, 0.15) is 59.9 Å². The molecule has 5 rings (SSSR count). The first-order valence-electron chi connectivity index (χ1n) is 13.9. The monoisotopic (exact) mass is 597 g/mol. The van der Waals surface area contributed by atoms with E-state index in [-0.39, 0.29) is 18.2 Å². The van der Waals surface area contributed by atoms with Gasteiger partial charge in [-0.25, -0.2) is 0 Å². The minimum Gasteiger partial charge on any atom is -0.349 e. The van der Waals surface area contributed by atoms with Crippen LogP contribution in [0.3, 0.4) is 0 Å². The van der Waals surface area contributed by atoms with Crippen LogP contribution in [0.4, 0.5) is 26.3 Å². The Bertz CT molecular complexity index is 1280. The smallest absolute Gasteiger partial charge is 0.349 e. The van der Waals surface area contributed by atoms with Crippen LogP contribution in [-0.4, -0.2) is 63.9 Å². The van der Waals surface area contributed by atoms with E-state index in [9.17, 15) is 26.3 Å². The SMILES string of the molecule is C[C@@H](OC1OCCN(Cc2cnn(CCN3CCCC3)n2)C1c1ccccc1)c1cc(C(F)(F)F)cc(C(F)(F)F)c1. The van der Waals surface area contributed by atoms with Gasteiger partial charge in [0.1, 0.15) is 0 Å². The van der Waals surface area contributed by atoms with Gasteiger partial charge in [0.2, 0.25) is 0 Å². The predicted octanol–water partition coefficient (Wildman–Crippen LogP) is 6.09. The van der Waals surface area contributed by atoms with Crippen LogP contribution in [0, 0.1) is 0 Å². The maximum absolute atomic E-state index is 13.5. The van der Waals surface area contributed by atoms with Crippen molar-refractivity contribution in [1.82, 2.24) is 24.8 Å². The summed E-state index contributed by atoms with van der Waals surface area (Å²) in [6.45, 7) is 6.30. The molecule has 2 unspecified atom stereocenters. The van der Waals surface area contributed by atoms with E-state index in [1.165, 1.54) is 19.8 Å². The van der Waals surface area contributed by atoms with E-state index in [4.69, 9.17) is 9.47 Å². The summed E-state index contributed by atoms with van der Waals surface area (Å²) in [4.78, 5) is 6.13. The summed E-state index contributed by atoms with van der Waals surface area (Å²) in [6.07, 6.45) is -7.88. The molecule has 3 atom stereocenters. The van der Waals surface area contributed by atoms with Gasteiger partial charge in [0.15, 0.2) is 6.29 Å². The van der Waals surface area contributed by atoms with E-state index in [0.717, 1.165) is 30.9 Å². The van der Waals surface area contributed by atoms with Crippen molar-refractivity contribution in [2.75, 3.05) is 32.8 Å². The van der Waals surface area contributed by atoms with Crippen LogP contribution < -0.4 is 0 Å². The molecule has 13 heteroatoms. The number of aromatic nitrogens is 3. The maximum Gasteiger partial charge on any atom is 0.416 e. The van der Waals surface area contributed by atoms with Gasteiger partial charge < -0.3 is 14.4 Å². The van der Waals surface area contributed by atoms with Crippen molar-refractivity contribution in [1.29, 1.82) is 0 Å². The lowest BCUT2D eigenvalue weighted by Gasteiger charge is -2.41. The number of nitrogens with zero attached hydrogens (tertiary/aromatic N) is 5. The highest BCUT2D eigenvalue weighted by atomic mass is 19.4. The van der Waals surface area contributed by atoms with Gasteiger partial charge in [-0.3, -0.25) is 4.90 Å². The highest BCUT2D eigenvalue weighted by molar-refractivity contribution is 5.34. The van der Waals surface area contributed by atoms with Crippen LogP contribution in [-0.2, 0) is 34.9 Å². The lowest BCUT2D eigenvalue weighted by Crippen LogP contribution is -2.46. The van der Waals surface area contributed by atoms with E-state index in [1.807, 2.05) is 30.3 Å². The minimum absolute atomic E-state index is 0.111. The highest BCUT2D eigenvalue weighted by Crippen LogP contribution is 2.39. The third-order valence-electron chi connectivity index (χ3n) is 7.63. The number of alkyl halides is 6. The van der Waals surface area contributed by atoms with Crippen molar-refractivity contribution in [3.05, 3.63) is 82.7 Å². The van der Waals surface area contributed by atoms with Crippen LogP contribution in [0.25, 0.3) is 0 Å². The molecule has 1 aromatic heterocycles. The Morgan fingerprint density at radius 1 is 0.929 bits per heavy atom. The summed E-state index contributed by atoms with van der Waals surface area (Å²) < 4.78 is 92.9. The highest BCUT2D eigenvalue weighted by Gasteiger charge is 2.39. The molecule has 0 N–H and O–H groups in total. The summed E-state index contributed by atoms with van der Waals surface area (Å²) in [6, 6.07) is 10.3. The number of morpholine rings is 1. The first-order valence-corrected chi connectivity index (χ1v) is 13.9. The zero-order valence-electron chi connectivity index (χ0n) is 23.1. The molecule has 0 spiro atoms. The average molecular weight is 598 g/mol. The first kappa shape index (κ1) is 30.5. The fourth-order valence-corrected chi connectivity index (χ4v) is 5.45. The molecule has 228 valence electrons. The lowest BCUT2D eigenvalue weighted by atomic mass is 10.0. The molecular formula is C29H33F6N5O2. The topological polar surface area (TPSA) is 55.7 Å². The summed E-state index contributed by atoms with van der Waals surface area (Å²) in [5, 5.41) is 9.04. The Morgan fingerprint density at radius 2 is 1.60 bits per heavy atom. The third-order valence-corrected chi connectivity index (χ3v) is 7.63. The number of likely N-dealkylation sites (tertiary alicyclic amines) is 1. The van der Waals surface area contributed by atoms with Crippen molar-refractivity contribution >= 4 is 0 Å². The van der Waals surface area contributed by atoms with Crippen LogP contribution >= 0.6 is 0 Å². The van der Waals surface area contributed by atoms with Crippen molar-refractivity contribution in [3.63, 3.8) is 0 Å². The zero-order valence-corrected chi connectivity index (χ0v) is 23.1. The fourth-order valence-electron chi connectivity index (χ4n) is 5.45. The van der Waals surface area contributed by atoms with Gasteiger partial charge in [-0.2, -0.15) is 41.3 Å². The van der Waals surface area contributed by atoms with Crippen LogP contribution in [0.15, 0.2) is 54.7 Å². The Hall–Kier alpha value is -3.00. The third kappa shape index (κ3) is 7.49. The summed E-state index contributed by atoms with van der Waals surface area (Å²) >= 11 is 0. The van der Waals surface area contributed by atoms with E-state index < -0.39 is 41.9 Å². The number of hydrogen-bond donors (Lipinski definition) is 0. The summed E-state index contributed by atoms with van der Waals surface area (Å²) in [5.41, 5.74) is -1.46. The van der Waals surface area contributed by atoms with Gasteiger partial charge in [0, 0.05) is 19.6 Å². The number of benzene rings is 2. The largest absolute Gasteiger partial charge is 0.416 e. The number of hydrogen-bond acceptors (Lipinski definition) is 6. The zero-order chi connectivity index (χ0) is 29.9. The minimum atomic E-state index is -4.95. The molecule has 3 aromatic rings. The first-order chi connectivity index (χ1) is 20.0. The second-order valence-electron chi connectivity index (χ2n) is 10.7. The molecule has 2 aliphatic rings. The van der Waals surface area contributed by atoms with Crippen LogP contribution in [0.2, 0.25) is 0 Å². The molecule has 2 aliphatic heterocycles. The molecular weight excluding hydrogens is 564 g/mol. The molecule has 0 amide bonds. The van der Waals surface area contributed by atoms with Gasteiger partial charge in [-0.15, -0.1) is 0 Å². The molecule has 7 nitrogen and oxygen atoms in total. The Kier molecular flexibility index (Phi) is 9.21. The van der Waals surface area contributed by atoms with Crippen molar-refractivity contribution in [2.45, 2.75) is 63.6 Å². The second kappa shape index (κ2) is 12.7. The normalized spacial score (nSPS) is 21.6. The standard InChI is InChI=1S/C29H33F6N5O2/c1-20(22-15-23(28(30,31)32)17-24(16-22)29(33,34)35)42-27-26(21-7-3-2-4-8-21)39(13-14-41-27)19-25-18-36-40(37-25)12-11-38-9-5-6-10-38/h2-4,7-8,15-18,20,26-27H,5-6,9-14,19H2,1H3/t20-,26?,27?/m1/s1. The average Bonchev–Trinajstić information content (AvgIpc) is 3.63. The maximum atomic E-state index is 13.5. The molecule has 42 heavy (non-hydrogen) atoms. The molecule has 0 bridgehead atoms. The fraction of sp³-hybridized carbons (Fsp3) is 0.517. The van der Waals surface area contributed by atoms with Gasteiger partial charge in [0.25, 0.3) is 0 Å². The second-order valence-corrected chi connectivity index (χ2v) is 10.7. The number of ether oxygens (including phenoxy) is 2. The van der Waals surface area contributed by atoms with Crippen molar-refractivity contribution < 1.29 is 35.8 Å². The lowest BCUT2D eigenvalue weighted by molar-refractivity contribution is -0.231. The van der Waals surface area contributed by atoms with Crippen molar-refractivity contribution in [3.8, 4) is 0 Å². The predicted molar refractivity (Wildman–Crippen MR) is 141 cm³/mol. The summed E-state index contributed by atoms with van der Waals surface area (Å²) in [7, 11) is 0. The Morgan fingerprint density at radius 3 is 2.24 bits per heavy atom. The number of halogens is 6. The number of rotatable bonds is 9. The van der Waals surface area contributed by atoms with Gasteiger partial charge in [0.05, 0.1) is 48.3 Å². The molecule has 0 aliphatic carbocycles. The Labute approximate surface area is 240 Å². The molecule has 3 heterocycles. The molecule has 2 fully saturated rings. The van der Waals surface area contributed by atoms with Gasteiger partial charge >= 0.3 is 12.4 Å². The molecule has 0 saturated carbocycles. The van der Waals surface area contributed by atoms with Gasteiger partial charge in [-0.05, 0) is 62.2 Å². The van der Waals surface area contributed by atoms with E-state index in [1.54, 1.807) is 11.0 Å². The molecule has 2 aromatic carbocycles. The van der Waals surface area contributed by atoms with Gasteiger partial charge in [-0.1, -0.05) is 30.3 Å². The van der Waals surface area contributed by atoms with E-state index in [0.29, 0.717) is 31.8 Å². The Balaban J connectivity index is 1.35. The molecule has 2 saturated heterocycles. The van der Waals surface area contributed by atoms with E-state index in [2.05, 4.69) is 20.0 Å². The molecule has 0 radical (unpaired) electrons. The summed E-state index contributed by atoms with van der Waals surface area (Å²) in [5.74, 6) is 0. The van der Waals surface area contributed by atoms with Crippen molar-refractivity contribution in [2.24, 2.45) is 0 Å².